The lowest BCUT2D eigenvalue weighted by molar-refractivity contribution is -0.130. The standard InChI is InChI=1S/C17H20N2O2/c20-17(16-6-3-9-21-16)18-11-7-8-15-13(10-11)12-4-1-2-5-14(12)19-15/h1-2,4-5,11,16,19H,3,6-10H2,(H,18,20). The second kappa shape index (κ2) is 5.19. The quantitative estimate of drug-likeness (QED) is 0.889. The van der Waals surface area contributed by atoms with Crippen LogP contribution in [0.3, 0.4) is 0 Å². The van der Waals surface area contributed by atoms with Crippen LogP contribution in [0, 0.1) is 0 Å². The molecule has 1 amide bonds. The monoisotopic (exact) mass is 284 g/mol. The summed E-state index contributed by atoms with van der Waals surface area (Å²) in [7, 11) is 0. The molecule has 2 unspecified atom stereocenters. The number of para-hydroxylation sites is 1. The number of aromatic nitrogens is 1. The van der Waals surface area contributed by atoms with Crippen molar-refractivity contribution in [2.45, 2.75) is 44.2 Å². The van der Waals surface area contributed by atoms with Gasteiger partial charge in [-0.15, -0.1) is 0 Å². The average Bonchev–Trinajstić information content (AvgIpc) is 3.14. The van der Waals surface area contributed by atoms with E-state index in [1.807, 2.05) is 0 Å². The van der Waals surface area contributed by atoms with Gasteiger partial charge in [0.1, 0.15) is 6.10 Å². The number of fused-ring (bicyclic) bond motifs is 3. The van der Waals surface area contributed by atoms with Crippen molar-refractivity contribution in [1.29, 1.82) is 0 Å². The zero-order valence-electron chi connectivity index (χ0n) is 12.0. The van der Waals surface area contributed by atoms with E-state index in [0.29, 0.717) is 0 Å². The smallest absolute Gasteiger partial charge is 0.249 e. The number of ether oxygens (including phenoxy) is 1. The summed E-state index contributed by atoms with van der Waals surface area (Å²) in [5.41, 5.74) is 3.90. The van der Waals surface area contributed by atoms with Crippen LogP contribution in [0.2, 0.25) is 0 Å². The molecule has 0 bridgehead atoms. The van der Waals surface area contributed by atoms with Crippen LogP contribution >= 0.6 is 0 Å². The largest absolute Gasteiger partial charge is 0.368 e. The molecule has 2 aromatic rings. The summed E-state index contributed by atoms with van der Waals surface area (Å²) in [5, 5.41) is 4.47. The van der Waals surface area contributed by atoms with Gasteiger partial charge in [-0.3, -0.25) is 4.79 Å². The lowest BCUT2D eigenvalue weighted by atomic mass is 9.91. The number of rotatable bonds is 2. The summed E-state index contributed by atoms with van der Waals surface area (Å²) in [6, 6.07) is 8.64. The minimum atomic E-state index is -0.227. The summed E-state index contributed by atoms with van der Waals surface area (Å²) in [6.45, 7) is 0.718. The first-order valence-electron chi connectivity index (χ1n) is 7.82. The fourth-order valence-electron chi connectivity index (χ4n) is 3.57. The Morgan fingerprint density at radius 1 is 1.29 bits per heavy atom. The van der Waals surface area contributed by atoms with Crippen molar-refractivity contribution in [2.75, 3.05) is 6.61 Å². The van der Waals surface area contributed by atoms with E-state index in [1.165, 1.54) is 22.2 Å². The molecule has 1 saturated heterocycles. The predicted octanol–water partition coefficient (Wildman–Crippen LogP) is 2.32. The molecule has 4 nitrogen and oxygen atoms in total. The van der Waals surface area contributed by atoms with Crippen molar-refractivity contribution >= 4 is 16.8 Å². The van der Waals surface area contributed by atoms with E-state index in [4.69, 9.17) is 4.74 Å². The van der Waals surface area contributed by atoms with E-state index in [9.17, 15) is 4.79 Å². The molecule has 4 rings (SSSR count). The van der Waals surface area contributed by atoms with Gasteiger partial charge in [-0.25, -0.2) is 0 Å². The number of benzene rings is 1. The highest BCUT2D eigenvalue weighted by atomic mass is 16.5. The Hall–Kier alpha value is -1.81. The highest BCUT2D eigenvalue weighted by Crippen LogP contribution is 2.29. The molecule has 2 heterocycles. The molecule has 2 atom stereocenters. The molecular weight excluding hydrogens is 264 g/mol. The molecule has 2 N–H and O–H groups in total. The first-order chi connectivity index (χ1) is 10.3. The van der Waals surface area contributed by atoms with Crippen molar-refractivity contribution in [2.24, 2.45) is 0 Å². The van der Waals surface area contributed by atoms with E-state index < -0.39 is 0 Å². The van der Waals surface area contributed by atoms with Gasteiger partial charge in [-0.05, 0) is 43.7 Å². The third kappa shape index (κ3) is 2.33. The fraction of sp³-hybridized carbons (Fsp3) is 0.471. The molecule has 0 spiro atoms. The van der Waals surface area contributed by atoms with Crippen LogP contribution in [-0.2, 0) is 22.4 Å². The lowest BCUT2D eigenvalue weighted by Gasteiger charge is -2.24. The van der Waals surface area contributed by atoms with Crippen LogP contribution in [0.15, 0.2) is 24.3 Å². The van der Waals surface area contributed by atoms with Gasteiger partial charge >= 0.3 is 0 Å². The summed E-state index contributed by atoms with van der Waals surface area (Å²) in [5.74, 6) is 0.0702. The highest BCUT2D eigenvalue weighted by Gasteiger charge is 2.28. The Morgan fingerprint density at radius 3 is 3.05 bits per heavy atom. The van der Waals surface area contributed by atoms with Crippen LogP contribution in [0.1, 0.15) is 30.5 Å². The third-order valence-corrected chi connectivity index (χ3v) is 4.66. The normalized spacial score (nSPS) is 25.0. The Labute approximate surface area is 123 Å². The first kappa shape index (κ1) is 12.9. The Morgan fingerprint density at radius 2 is 2.19 bits per heavy atom. The SMILES string of the molecule is O=C(NC1CCc2[nH]c3ccccc3c2C1)C1CCCO1. The Bertz CT molecular complexity index is 670. The maximum atomic E-state index is 12.2. The van der Waals surface area contributed by atoms with Crippen LogP contribution < -0.4 is 5.32 Å². The van der Waals surface area contributed by atoms with Gasteiger partial charge in [0.25, 0.3) is 0 Å². The minimum Gasteiger partial charge on any atom is -0.368 e. The van der Waals surface area contributed by atoms with Gasteiger partial charge in [0.15, 0.2) is 0 Å². The van der Waals surface area contributed by atoms with Crippen molar-refractivity contribution in [3.05, 3.63) is 35.5 Å². The molecule has 1 fully saturated rings. The van der Waals surface area contributed by atoms with Crippen molar-refractivity contribution in [1.82, 2.24) is 10.3 Å². The molecule has 110 valence electrons. The highest BCUT2D eigenvalue weighted by molar-refractivity contribution is 5.85. The second-order valence-electron chi connectivity index (χ2n) is 6.08. The van der Waals surface area contributed by atoms with Crippen molar-refractivity contribution < 1.29 is 9.53 Å². The van der Waals surface area contributed by atoms with Gasteiger partial charge in [-0.1, -0.05) is 18.2 Å². The fourth-order valence-corrected chi connectivity index (χ4v) is 3.57. The molecule has 1 aromatic carbocycles. The van der Waals surface area contributed by atoms with Gasteiger partial charge in [0.05, 0.1) is 0 Å². The van der Waals surface area contributed by atoms with Gasteiger partial charge < -0.3 is 15.0 Å². The molecule has 0 saturated carbocycles. The molecule has 2 aliphatic rings. The van der Waals surface area contributed by atoms with Gasteiger partial charge in [0.2, 0.25) is 5.91 Å². The van der Waals surface area contributed by atoms with E-state index in [1.54, 1.807) is 0 Å². The number of carbonyl (C=O) groups is 1. The van der Waals surface area contributed by atoms with Crippen LogP contribution in [-0.4, -0.2) is 29.6 Å². The Balaban J connectivity index is 1.52. The van der Waals surface area contributed by atoms with E-state index >= 15 is 0 Å². The predicted molar refractivity (Wildman–Crippen MR) is 81.2 cm³/mol. The zero-order valence-corrected chi connectivity index (χ0v) is 12.0. The molecule has 1 aliphatic carbocycles. The second-order valence-corrected chi connectivity index (χ2v) is 6.08. The topological polar surface area (TPSA) is 54.1 Å². The van der Waals surface area contributed by atoms with Crippen LogP contribution in [0.5, 0.6) is 0 Å². The number of nitrogens with one attached hydrogen (secondary N) is 2. The molecule has 1 aromatic heterocycles. The molecule has 21 heavy (non-hydrogen) atoms. The lowest BCUT2D eigenvalue weighted by Crippen LogP contribution is -2.43. The summed E-state index contributed by atoms with van der Waals surface area (Å²) >= 11 is 0. The van der Waals surface area contributed by atoms with E-state index in [-0.39, 0.29) is 18.1 Å². The maximum absolute atomic E-state index is 12.2. The Kier molecular flexibility index (Phi) is 3.19. The summed E-state index contributed by atoms with van der Waals surface area (Å²) in [4.78, 5) is 15.7. The third-order valence-electron chi connectivity index (χ3n) is 4.66. The number of aromatic amines is 1. The van der Waals surface area contributed by atoms with Crippen LogP contribution in [0.4, 0.5) is 0 Å². The molecular formula is C17H20N2O2. The van der Waals surface area contributed by atoms with Crippen LogP contribution in [0.25, 0.3) is 10.9 Å². The summed E-state index contributed by atoms with van der Waals surface area (Å²) in [6.07, 6.45) is 4.54. The van der Waals surface area contributed by atoms with Gasteiger partial charge in [-0.2, -0.15) is 0 Å². The van der Waals surface area contributed by atoms with E-state index in [2.05, 4.69) is 34.6 Å². The number of carbonyl (C=O) groups excluding carboxylic acids is 1. The number of amides is 1. The van der Waals surface area contributed by atoms with Gasteiger partial charge in [0, 0.05) is 29.2 Å². The van der Waals surface area contributed by atoms with E-state index in [0.717, 1.165) is 38.7 Å². The number of hydrogen-bond donors (Lipinski definition) is 2. The average molecular weight is 284 g/mol. The number of H-pyrrole nitrogens is 1. The molecule has 1 aliphatic heterocycles. The summed E-state index contributed by atoms with van der Waals surface area (Å²) < 4.78 is 5.46. The minimum absolute atomic E-state index is 0.0702. The zero-order chi connectivity index (χ0) is 14.2. The molecule has 4 heteroatoms. The number of hydrogen-bond acceptors (Lipinski definition) is 2. The first-order valence-corrected chi connectivity index (χ1v) is 7.82. The maximum Gasteiger partial charge on any atom is 0.249 e. The van der Waals surface area contributed by atoms with Crippen molar-refractivity contribution in [3.8, 4) is 0 Å². The van der Waals surface area contributed by atoms with Crippen molar-refractivity contribution in [3.63, 3.8) is 0 Å². The molecule has 0 radical (unpaired) electrons. The number of aryl methyl sites for hydroxylation is 1.